The van der Waals surface area contributed by atoms with E-state index in [9.17, 15) is 14.4 Å². The third-order valence-electron chi connectivity index (χ3n) is 4.22. The highest BCUT2D eigenvalue weighted by Gasteiger charge is 2.22. The van der Waals surface area contributed by atoms with Crippen LogP contribution < -0.4 is 15.8 Å². The molecule has 0 radical (unpaired) electrons. The summed E-state index contributed by atoms with van der Waals surface area (Å²) >= 11 is 0. The third-order valence-corrected chi connectivity index (χ3v) is 4.22. The zero-order valence-corrected chi connectivity index (χ0v) is 16.7. The maximum Gasteiger partial charge on any atom is 0.341 e. The standard InChI is InChI=1S/C19H21N5O6/c1-4-5-24-15-12(6-11(17(20)27)7-13(15)29-8-14(25)26)22-19(24)23-18(28)16-9(2)21-10(3)30-16/h6-7H,4-5,8H2,1-3H3,(H2,20,27)(H,25,26)(H,22,23,28). The van der Waals surface area contributed by atoms with Crippen LogP contribution in [-0.4, -0.2) is 44.0 Å². The summed E-state index contributed by atoms with van der Waals surface area (Å²) in [6, 6.07) is 2.81. The van der Waals surface area contributed by atoms with Crippen molar-refractivity contribution in [3.63, 3.8) is 0 Å². The maximum atomic E-state index is 12.7. The molecule has 3 rings (SSSR count). The van der Waals surface area contributed by atoms with Gasteiger partial charge in [-0.25, -0.2) is 14.8 Å². The topological polar surface area (TPSA) is 163 Å². The van der Waals surface area contributed by atoms with Gasteiger partial charge in [0.15, 0.2) is 12.5 Å². The summed E-state index contributed by atoms with van der Waals surface area (Å²) in [6.45, 7) is 5.04. The van der Waals surface area contributed by atoms with E-state index in [2.05, 4.69) is 15.3 Å². The van der Waals surface area contributed by atoms with Gasteiger partial charge in [-0.3, -0.25) is 14.9 Å². The highest BCUT2D eigenvalue weighted by Crippen LogP contribution is 2.31. The SMILES string of the molecule is CCCn1c(NC(=O)c2oc(C)nc2C)nc2cc(C(N)=O)cc(OCC(=O)O)c21. The minimum atomic E-state index is -1.18. The molecule has 0 aliphatic rings. The second-order valence-electron chi connectivity index (χ2n) is 6.58. The molecule has 0 unspecified atom stereocenters. The zero-order valence-electron chi connectivity index (χ0n) is 16.7. The molecule has 0 aliphatic heterocycles. The monoisotopic (exact) mass is 415 g/mol. The number of hydrogen-bond donors (Lipinski definition) is 3. The Morgan fingerprint density at radius 3 is 2.57 bits per heavy atom. The lowest BCUT2D eigenvalue weighted by molar-refractivity contribution is -0.139. The minimum Gasteiger partial charge on any atom is -0.480 e. The number of carbonyl (C=O) groups excluding carboxylic acids is 2. The Hall–Kier alpha value is -3.89. The van der Waals surface area contributed by atoms with Crippen LogP contribution in [0.2, 0.25) is 0 Å². The molecule has 11 heteroatoms. The van der Waals surface area contributed by atoms with Crippen LogP contribution in [0, 0.1) is 13.8 Å². The number of imidazole rings is 1. The Morgan fingerprint density at radius 1 is 1.27 bits per heavy atom. The second-order valence-corrected chi connectivity index (χ2v) is 6.58. The number of carboxylic acid groups (broad SMARTS) is 1. The Morgan fingerprint density at radius 2 is 2.00 bits per heavy atom. The van der Waals surface area contributed by atoms with Crippen molar-refractivity contribution in [2.24, 2.45) is 5.73 Å². The number of carboxylic acids is 1. The van der Waals surface area contributed by atoms with Gasteiger partial charge < -0.3 is 24.6 Å². The number of primary amides is 1. The van der Waals surface area contributed by atoms with E-state index in [1.165, 1.54) is 12.1 Å². The van der Waals surface area contributed by atoms with Gasteiger partial charge >= 0.3 is 5.97 Å². The normalized spacial score (nSPS) is 10.9. The van der Waals surface area contributed by atoms with E-state index in [4.69, 9.17) is 20.0 Å². The number of hydrogen-bond acceptors (Lipinski definition) is 7. The number of anilines is 1. The number of carbonyl (C=O) groups is 3. The smallest absolute Gasteiger partial charge is 0.341 e. The van der Waals surface area contributed by atoms with Crippen molar-refractivity contribution in [3.05, 3.63) is 35.0 Å². The third kappa shape index (κ3) is 4.09. The van der Waals surface area contributed by atoms with E-state index in [1.54, 1.807) is 18.4 Å². The molecule has 0 aliphatic carbocycles. The van der Waals surface area contributed by atoms with Crippen LogP contribution >= 0.6 is 0 Å². The first-order chi connectivity index (χ1) is 14.2. The summed E-state index contributed by atoms with van der Waals surface area (Å²) < 4.78 is 12.4. The van der Waals surface area contributed by atoms with E-state index < -0.39 is 24.4 Å². The average molecular weight is 415 g/mol. The van der Waals surface area contributed by atoms with Gasteiger partial charge in [-0.2, -0.15) is 0 Å². The zero-order chi connectivity index (χ0) is 22.0. The van der Waals surface area contributed by atoms with Gasteiger partial charge in [-0.15, -0.1) is 0 Å². The van der Waals surface area contributed by atoms with Crippen molar-refractivity contribution in [2.75, 3.05) is 11.9 Å². The molecule has 1 aromatic carbocycles. The predicted octanol–water partition coefficient (Wildman–Crippen LogP) is 1.87. The number of aryl methyl sites for hydroxylation is 3. The number of fused-ring (bicyclic) bond motifs is 1. The number of aromatic nitrogens is 3. The van der Waals surface area contributed by atoms with Crippen LogP contribution in [0.25, 0.3) is 11.0 Å². The summed E-state index contributed by atoms with van der Waals surface area (Å²) in [5, 5.41) is 11.7. The lowest BCUT2D eigenvalue weighted by Gasteiger charge is -2.12. The lowest BCUT2D eigenvalue weighted by Crippen LogP contribution is -2.17. The molecule has 30 heavy (non-hydrogen) atoms. The van der Waals surface area contributed by atoms with Crippen molar-refractivity contribution >= 4 is 34.8 Å². The number of nitrogens with two attached hydrogens (primary N) is 1. The van der Waals surface area contributed by atoms with Gasteiger partial charge in [0.25, 0.3) is 5.91 Å². The van der Waals surface area contributed by atoms with E-state index in [0.29, 0.717) is 35.6 Å². The quantitative estimate of drug-likeness (QED) is 0.502. The average Bonchev–Trinajstić information content (AvgIpc) is 3.19. The summed E-state index contributed by atoms with van der Waals surface area (Å²) in [5.41, 5.74) is 6.66. The molecule has 2 heterocycles. The predicted molar refractivity (Wildman–Crippen MR) is 106 cm³/mol. The number of amides is 2. The summed E-state index contributed by atoms with van der Waals surface area (Å²) in [6.07, 6.45) is 0.685. The second kappa shape index (κ2) is 8.23. The van der Waals surface area contributed by atoms with Crippen LogP contribution in [-0.2, 0) is 11.3 Å². The van der Waals surface area contributed by atoms with Gasteiger partial charge in [-0.1, -0.05) is 6.92 Å². The maximum absolute atomic E-state index is 12.7. The molecule has 0 saturated heterocycles. The summed E-state index contributed by atoms with van der Waals surface area (Å²) in [7, 11) is 0. The van der Waals surface area contributed by atoms with Crippen LogP contribution in [0.4, 0.5) is 5.95 Å². The highest BCUT2D eigenvalue weighted by molar-refractivity contribution is 6.04. The van der Waals surface area contributed by atoms with Crippen molar-refractivity contribution in [1.29, 1.82) is 0 Å². The van der Waals surface area contributed by atoms with Gasteiger partial charge in [0, 0.05) is 19.0 Å². The Balaban J connectivity index is 2.11. The van der Waals surface area contributed by atoms with Gasteiger partial charge in [-0.05, 0) is 25.5 Å². The number of benzene rings is 1. The Labute approximate surface area is 170 Å². The molecule has 2 aromatic heterocycles. The van der Waals surface area contributed by atoms with Gasteiger partial charge in [0.1, 0.15) is 11.3 Å². The Bertz CT molecular complexity index is 1150. The Kier molecular flexibility index (Phi) is 5.72. The number of oxazole rings is 1. The minimum absolute atomic E-state index is 0.0581. The number of aliphatic carboxylic acids is 1. The largest absolute Gasteiger partial charge is 0.480 e. The molecule has 0 spiro atoms. The fourth-order valence-electron chi connectivity index (χ4n) is 3.06. The highest BCUT2D eigenvalue weighted by atomic mass is 16.5. The summed E-state index contributed by atoms with van der Waals surface area (Å²) in [5.74, 6) is -1.72. The van der Waals surface area contributed by atoms with Crippen molar-refractivity contribution < 1.29 is 28.6 Å². The molecule has 0 atom stereocenters. The van der Waals surface area contributed by atoms with Crippen molar-refractivity contribution in [3.8, 4) is 5.75 Å². The van der Waals surface area contributed by atoms with Gasteiger partial charge in [0.2, 0.25) is 17.6 Å². The van der Waals surface area contributed by atoms with Crippen molar-refractivity contribution in [1.82, 2.24) is 14.5 Å². The van der Waals surface area contributed by atoms with E-state index in [1.807, 2.05) is 6.92 Å². The fourth-order valence-corrected chi connectivity index (χ4v) is 3.06. The molecule has 0 fully saturated rings. The molecule has 2 amide bonds. The number of ether oxygens (including phenoxy) is 1. The summed E-state index contributed by atoms with van der Waals surface area (Å²) in [4.78, 5) is 43.8. The van der Waals surface area contributed by atoms with E-state index >= 15 is 0 Å². The number of rotatable bonds is 8. The number of nitrogens with zero attached hydrogens (tertiary/aromatic N) is 3. The molecule has 158 valence electrons. The van der Waals surface area contributed by atoms with Crippen LogP contribution in [0.5, 0.6) is 5.75 Å². The van der Waals surface area contributed by atoms with Gasteiger partial charge in [0.05, 0.1) is 11.2 Å². The van der Waals surface area contributed by atoms with E-state index in [-0.39, 0.29) is 23.0 Å². The van der Waals surface area contributed by atoms with Crippen LogP contribution in [0.15, 0.2) is 16.5 Å². The van der Waals surface area contributed by atoms with Crippen LogP contribution in [0.1, 0.15) is 45.8 Å². The number of nitrogens with one attached hydrogen (secondary N) is 1. The first kappa shape index (κ1) is 20.8. The fraction of sp³-hybridized carbons (Fsp3) is 0.316. The van der Waals surface area contributed by atoms with E-state index in [0.717, 1.165) is 0 Å². The van der Waals surface area contributed by atoms with Crippen molar-refractivity contribution in [2.45, 2.75) is 33.7 Å². The molecule has 0 bridgehead atoms. The lowest BCUT2D eigenvalue weighted by atomic mass is 10.1. The first-order valence-corrected chi connectivity index (χ1v) is 9.15. The molecule has 3 aromatic rings. The molecular weight excluding hydrogens is 394 g/mol. The first-order valence-electron chi connectivity index (χ1n) is 9.15. The molecule has 0 saturated carbocycles. The van der Waals surface area contributed by atoms with Crippen LogP contribution in [0.3, 0.4) is 0 Å². The molecular formula is C19H21N5O6. The molecule has 4 N–H and O–H groups in total. The molecule has 11 nitrogen and oxygen atoms in total.